The number of nitrogens with two attached hydrogens (primary N) is 1. The lowest BCUT2D eigenvalue weighted by Crippen LogP contribution is -2.70. The van der Waals surface area contributed by atoms with Gasteiger partial charge in [-0.3, -0.25) is 19.3 Å². The number of aliphatic hydroxyl groups is 4. The lowest BCUT2D eigenvalue weighted by Gasteiger charge is -2.53. The van der Waals surface area contributed by atoms with Gasteiger partial charge in [0.1, 0.15) is 29.1 Å². The number of ketones is 2. The van der Waals surface area contributed by atoms with Crippen LogP contribution in [0.5, 0.6) is 5.75 Å². The second kappa shape index (κ2) is 9.29. The standard InChI is InChI=1S/C28H34N2O9/c1-11-12-7-8-13(27(2,3)9-6-10-31)20(32)15(12)21(33)16-14(11)22(34)18-19(30(4)5)23(35)17(26(29)38)25(37)28(18,39)24(16)36/h7-8,10-11,14,18-19,22,32-34,37,39H,6,9H2,1-5H3,(H2,29,38)/t11-,14+,18+,19?,22-,28-/m0/s1. The van der Waals surface area contributed by atoms with Crippen molar-refractivity contribution in [3.63, 3.8) is 0 Å². The van der Waals surface area contributed by atoms with E-state index in [9.17, 15) is 44.7 Å². The number of aldehydes is 1. The molecule has 0 bridgehead atoms. The molecule has 0 heterocycles. The third-order valence-corrected chi connectivity index (χ3v) is 8.75. The van der Waals surface area contributed by atoms with Gasteiger partial charge in [-0.1, -0.05) is 32.9 Å². The van der Waals surface area contributed by atoms with Crippen LogP contribution in [0.15, 0.2) is 29.0 Å². The van der Waals surface area contributed by atoms with Crippen LogP contribution < -0.4 is 5.73 Å². The van der Waals surface area contributed by atoms with Crippen LogP contribution in [0, 0.1) is 11.8 Å². The summed E-state index contributed by atoms with van der Waals surface area (Å²) in [7, 11) is 2.91. The number of likely N-dealkylation sites (N-methyl/N-ethyl adjacent to an activating group) is 1. The van der Waals surface area contributed by atoms with Crippen molar-refractivity contribution in [3.8, 4) is 5.75 Å². The van der Waals surface area contributed by atoms with Gasteiger partial charge in [-0.05, 0) is 37.4 Å². The zero-order chi connectivity index (χ0) is 29.4. The van der Waals surface area contributed by atoms with Crippen molar-refractivity contribution in [2.75, 3.05) is 14.1 Å². The number of fused-ring (bicyclic) bond motifs is 3. The van der Waals surface area contributed by atoms with Gasteiger partial charge in [0.15, 0.2) is 11.4 Å². The highest BCUT2D eigenvalue weighted by molar-refractivity contribution is 6.24. The molecule has 4 rings (SSSR count). The average molecular weight is 543 g/mol. The minimum Gasteiger partial charge on any atom is -0.508 e. The average Bonchev–Trinajstić information content (AvgIpc) is 2.84. The highest BCUT2D eigenvalue weighted by Crippen LogP contribution is 2.57. The van der Waals surface area contributed by atoms with Gasteiger partial charge in [0.2, 0.25) is 5.78 Å². The fourth-order valence-corrected chi connectivity index (χ4v) is 6.72. The molecular weight excluding hydrogens is 508 g/mol. The summed E-state index contributed by atoms with van der Waals surface area (Å²) in [5.41, 5.74) is 1.05. The van der Waals surface area contributed by atoms with E-state index in [4.69, 9.17) is 5.73 Å². The minimum atomic E-state index is -2.96. The number of Topliss-reactive ketones (excluding diaryl/α,β-unsaturated/α-hetero) is 2. The molecule has 1 unspecified atom stereocenters. The number of aliphatic hydroxyl groups excluding tert-OH is 3. The molecule has 0 aromatic heterocycles. The minimum absolute atomic E-state index is 0.0670. The smallest absolute Gasteiger partial charge is 0.255 e. The molecule has 1 amide bonds. The fourth-order valence-electron chi connectivity index (χ4n) is 6.72. The summed E-state index contributed by atoms with van der Waals surface area (Å²) >= 11 is 0. The topological polar surface area (TPSA) is 199 Å². The largest absolute Gasteiger partial charge is 0.508 e. The van der Waals surface area contributed by atoms with Crippen molar-refractivity contribution in [3.05, 3.63) is 45.7 Å². The molecule has 39 heavy (non-hydrogen) atoms. The van der Waals surface area contributed by atoms with E-state index in [1.54, 1.807) is 19.1 Å². The van der Waals surface area contributed by atoms with Crippen LogP contribution in [0.2, 0.25) is 0 Å². The summed E-state index contributed by atoms with van der Waals surface area (Å²) in [6, 6.07) is 1.93. The molecule has 1 fully saturated rings. The molecule has 7 N–H and O–H groups in total. The summed E-state index contributed by atoms with van der Waals surface area (Å²) < 4.78 is 0. The van der Waals surface area contributed by atoms with Crippen LogP contribution in [-0.2, 0) is 24.6 Å². The van der Waals surface area contributed by atoms with Crippen LogP contribution in [0.4, 0.5) is 0 Å². The van der Waals surface area contributed by atoms with Crippen molar-refractivity contribution >= 4 is 29.5 Å². The first-order valence-corrected chi connectivity index (χ1v) is 12.7. The number of nitrogens with zero attached hydrogens (tertiary/aromatic N) is 1. The van der Waals surface area contributed by atoms with Crippen LogP contribution in [-0.4, -0.2) is 86.0 Å². The van der Waals surface area contributed by atoms with Gasteiger partial charge in [-0.25, -0.2) is 0 Å². The molecule has 1 saturated carbocycles. The Bertz CT molecular complexity index is 1360. The van der Waals surface area contributed by atoms with Gasteiger partial charge < -0.3 is 36.1 Å². The van der Waals surface area contributed by atoms with Crippen molar-refractivity contribution in [1.29, 1.82) is 0 Å². The summed E-state index contributed by atoms with van der Waals surface area (Å²) in [5.74, 6) is -9.23. The molecule has 1 aromatic rings. The number of benzene rings is 1. The summed E-state index contributed by atoms with van der Waals surface area (Å²) in [4.78, 5) is 51.7. The van der Waals surface area contributed by atoms with Gasteiger partial charge in [0.05, 0.1) is 23.6 Å². The maximum atomic E-state index is 14.0. The molecule has 0 aliphatic heterocycles. The molecule has 6 atom stereocenters. The van der Waals surface area contributed by atoms with E-state index in [0.29, 0.717) is 17.5 Å². The number of phenols is 1. The van der Waals surface area contributed by atoms with Crippen LogP contribution in [0.25, 0.3) is 5.76 Å². The van der Waals surface area contributed by atoms with Crippen LogP contribution >= 0.6 is 0 Å². The predicted molar refractivity (Wildman–Crippen MR) is 139 cm³/mol. The van der Waals surface area contributed by atoms with Crippen molar-refractivity contribution < 1.29 is 44.7 Å². The number of carbonyl (C=O) groups is 4. The summed E-state index contributed by atoms with van der Waals surface area (Å²) in [6.07, 6.45) is -0.259. The highest BCUT2D eigenvalue weighted by atomic mass is 16.4. The molecule has 0 radical (unpaired) electrons. The molecule has 3 aliphatic rings. The number of hydrogen-bond donors (Lipinski definition) is 6. The fraction of sp³-hybridized carbons (Fsp3) is 0.500. The van der Waals surface area contributed by atoms with E-state index in [-0.39, 0.29) is 17.7 Å². The number of primary amides is 1. The second-order valence-corrected chi connectivity index (χ2v) is 11.6. The van der Waals surface area contributed by atoms with Gasteiger partial charge in [-0.15, -0.1) is 0 Å². The van der Waals surface area contributed by atoms with Gasteiger partial charge in [0, 0.05) is 23.5 Å². The summed E-state index contributed by atoms with van der Waals surface area (Å²) in [6.45, 7) is 5.30. The number of aromatic hydroxyl groups is 1. The Morgan fingerprint density at radius 3 is 2.33 bits per heavy atom. The maximum absolute atomic E-state index is 14.0. The Kier molecular flexibility index (Phi) is 6.78. The van der Waals surface area contributed by atoms with E-state index in [0.717, 1.165) is 6.29 Å². The monoisotopic (exact) mass is 542 g/mol. The zero-order valence-electron chi connectivity index (χ0n) is 22.4. The van der Waals surface area contributed by atoms with E-state index in [1.165, 1.54) is 19.0 Å². The van der Waals surface area contributed by atoms with E-state index >= 15 is 0 Å². The SMILES string of the molecule is C[C@H]1c2ccc(C(C)(C)CCC=O)c(O)c2C(O)=C2C(=O)[C@]3(O)C(O)=C(C(N)=O)C(=O)C(N(C)C)[C@@H]3[C@@H](O)[C@@H]21. The first-order chi connectivity index (χ1) is 18.0. The Morgan fingerprint density at radius 2 is 1.79 bits per heavy atom. The van der Waals surface area contributed by atoms with E-state index < -0.39 is 81.1 Å². The molecule has 11 heteroatoms. The summed E-state index contributed by atoms with van der Waals surface area (Å²) in [5, 5.41) is 57.1. The molecule has 0 spiro atoms. The third-order valence-electron chi connectivity index (χ3n) is 8.75. The molecule has 3 aliphatic carbocycles. The second-order valence-electron chi connectivity index (χ2n) is 11.6. The van der Waals surface area contributed by atoms with Crippen LogP contribution in [0.1, 0.15) is 56.2 Å². The van der Waals surface area contributed by atoms with Gasteiger partial charge >= 0.3 is 0 Å². The predicted octanol–water partition coefficient (Wildman–Crippen LogP) is 0.753. The lowest BCUT2D eigenvalue weighted by atomic mass is 9.54. The molecule has 0 saturated heterocycles. The molecule has 11 nitrogen and oxygen atoms in total. The first kappa shape index (κ1) is 28.5. The molecular formula is C28H34N2O9. The number of amides is 1. The highest BCUT2D eigenvalue weighted by Gasteiger charge is 2.68. The zero-order valence-corrected chi connectivity index (χ0v) is 22.4. The van der Waals surface area contributed by atoms with Crippen molar-refractivity contribution in [2.45, 2.75) is 62.7 Å². The Balaban J connectivity index is 2.01. The Hall–Kier alpha value is -3.54. The third kappa shape index (κ3) is 3.75. The van der Waals surface area contributed by atoms with Gasteiger partial charge in [0.25, 0.3) is 5.91 Å². The van der Waals surface area contributed by atoms with E-state index in [2.05, 4.69) is 0 Å². The number of carbonyl (C=O) groups excluding carboxylic acids is 4. The molecule has 210 valence electrons. The quantitative estimate of drug-likeness (QED) is 0.220. The van der Waals surface area contributed by atoms with E-state index in [1.807, 2.05) is 13.8 Å². The van der Waals surface area contributed by atoms with Gasteiger partial charge in [-0.2, -0.15) is 0 Å². The van der Waals surface area contributed by atoms with Crippen molar-refractivity contribution in [2.24, 2.45) is 17.6 Å². The first-order valence-electron chi connectivity index (χ1n) is 12.7. The number of hydrogen-bond acceptors (Lipinski definition) is 10. The number of rotatable bonds is 6. The lowest BCUT2D eigenvalue weighted by molar-refractivity contribution is -0.169. The normalized spacial score (nSPS) is 30.7. The Labute approximate surface area is 225 Å². The van der Waals surface area contributed by atoms with Crippen LogP contribution in [0.3, 0.4) is 0 Å². The van der Waals surface area contributed by atoms with Crippen molar-refractivity contribution in [1.82, 2.24) is 4.90 Å². The number of phenolic OH excluding ortho intramolecular Hbond substituents is 1. The molecule has 1 aromatic carbocycles. The Morgan fingerprint density at radius 1 is 1.18 bits per heavy atom. The maximum Gasteiger partial charge on any atom is 0.255 e.